The van der Waals surface area contributed by atoms with E-state index in [9.17, 15) is 0 Å². The topological polar surface area (TPSA) is 56.3 Å². The minimum absolute atomic E-state index is 0.335. The van der Waals surface area contributed by atoms with Crippen molar-refractivity contribution in [2.75, 3.05) is 30.9 Å². The quantitative estimate of drug-likeness (QED) is 0.843. The molecular weight excluding hydrogens is 228 g/mol. The van der Waals surface area contributed by atoms with E-state index in [1.54, 1.807) is 7.11 Å². The van der Waals surface area contributed by atoms with Gasteiger partial charge >= 0.3 is 0 Å². The van der Waals surface area contributed by atoms with Gasteiger partial charge in [0.15, 0.2) is 5.82 Å². The first kappa shape index (κ1) is 14.8. The number of aromatic nitrogens is 2. The molecule has 0 fully saturated rings. The van der Waals surface area contributed by atoms with Crippen LogP contribution in [0, 0.1) is 0 Å². The zero-order valence-corrected chi connectivity index (χ0v) is 12.4. The highest BCUT2D eigenvalue weighted by Crippen LogP contribution is 2.31. The SMILES string of the molecule is COCCN(c1c(N)c(C(C)C)nn1C)C(C)C. The summed E-state index contributed by atoms with van der Waals surface area (Å²) in [6.45, 7) is 10.0. The van der Waals surface area contributed by atoms with Crippen LogP contribution in [0.3, 0.4) is 0 Å². The van der Waals surface area contributed by atoms with Crippen LogP contribution in [0.4, 0.5) is 11.5 Å². The lowest BCUT2D eigenvalue weighted by atomic mass is 10.1. The fraction of sp³-hybridized carbons (Fsp3) is 0.769. The molecule has 0 amide bonds. The number of nitrogens with two attached hydrogens (primary N) is 1. The summed E-state index contributed by atoms with van der Waals surface area (Å²) in [5.74, 6) is 1.33. The van der Waals surface area contributed by atoms with Gasteiger partial charge in [-0.1, -0.05) is 13.8 Å². The van der Waals surface area contributed by atoms with E-state index in [0.29, 0.717) is 18.6 Å². The van der Waals surface area contributed by atoms with Gasteiger partial charge in [0.2, 0.25) is 0 Å². The molecule has 0 saturated carbocycles. The van der Waals surface area contributed by atoms with Crippen LogP contribution in [-0.2, 0) is 11.8 Å². The summed E-state index contributed by atoms with van der Waals surface area (Å²) in [5, 5.41) is 4.53. The fourth-order valence-electron chi connectivity index (χ4n) is 2.12. The van der Waals surface area contributed by atoms with Crippen LogP contribution in [-0.4, -0.2) is 36.1 Å². The second-order valence-corrected chi connectivity index (χ2v) is 5.18. The highest BCUT2D eigenvalue weighted by atomic mass is 16.5. The number of nitrogens with zero attached hydrogens (tertiary/aromatic N) is 3. The maximum absolute atomic E-state index is 6.25. The Labute approximate surface area is 110 Å². The Bertz CT molecular complexity index is 385. The average molecular weight is 254 g/mol. The molecular formula is C13H26N4O. The van der Waals surface area contributed by atoms with Gasteiger partial charge in [0, 0.05) is 26.7 Å². The molecule has 2 N–H and O–H groups in total. The largest absolute Gasteiger partial charge is 0.394 e. The van der Waals surface area contributed by atoms with Gasteiger partial charge < -0.3 is 15.4 Å². The predicted molar refractivity (Wildman–Crippen MR) is 76.1 cm³/mol. The van der Waals surface area contributed by atoms with Crippen LogP contribution in [0.5, 0.6) is 0 Å². The van der Waals surface area contributed by atoms with Gasteiger partial charge in [0.1, 0.15) is 0 Å². The summed E-state index contributed by atoms with van der Waals surface area (Å²) in [7, 11) is 3.66. The van der Waals surface area contributed by atoms with E-state index in [-0.39, 0.29) is 0 Å². The van der Waals surface area contributed by atoms with Crippen molar-refractivity contribution in [1.82, 2.24) is 9.78 Å². The van der Waals surface area contributed by atoms with Crippen molar-refractivity contribution >= 4 is 11.5 Å². The molecule has 0 aliphatic heterocycles. The van der Waals surface area contributed by atoms with Crippen molar-refractivity contribution in [3.63, 3.8) is 0 Å². The number of anilines is 2. The first-order chi connectivity index (χ1) is 8.40. The molecule has 0 bridgehead atoms. The maximum Gasteiger partial charge on any atom is 0.150 e. The third kappa shape index (κ3) is 2.96. The van der Waals surface area contributed by atoms with Crippen molar-refractivity contribution in [3.05, 3.63) is 5.69 Å². The van der Waals surface area contributed by atoms with Crippen molar-refractivity contribution < 1.29 is 4.74 Å². The van der Waals surface area contributed by atoms with E-state index in [1.165, 1.54) is 0 Å². The second-order valence-electron chi connectivity index (χ2n) is 5.18. The number of ether oxygens (including phenoxy) is 1. The van der Waals surface area contributed by atoms with Crippen LogP contribution < -0.4 is 10.6 Å². The van der Waals surface area contributed by atoms with Crippen LogP contribution >= 0.6 is 0 Å². The molecule has 0 atom stereocenters. The Kier molecular flexibility index (Phi) is 5.02. The lowest BCUT2D eigenvalue weighted by Gasteiger charge is -2.28. The Morgan fingerprint density at radius 2 is 1.94 bits per heavy atom. The molecule has 0 radical (unpaired) electrons. The third-order valence-electron chi connectivity index (χ3n) is 3.06. The molecule has 5 heteroatoms. The normalized spacial score (nSPS) is 11.6. The number of hydrogen-bond acceptors (Lipinski definition) is 4. The average Bonchev–Trinajstić information content (AvgIpc) is 2.57. The molecule has 0 spiro atoms. The van der Waals surface area contributed by atoms with Gasteiger partial charge in [-0.3, -0.25) is 4.68 Å². The molecule has 0 aromatic carbocycles. The summed E-state index contributed by atoms with van der Waals surface area (Å²) in [6.07, 6.45) is 0. The second kappa shape index (κ2) is 6.09. The molecule has 18 heavy (non-hydrogen) atoms. The molecule has 1 aromatic rings. The Balaban J connectivity index is 3.11. The summed E-state index contributed by atoms with van der Waals surface area (Å²) in [4.78, 5) is 2.23. The molecule has 1 rings (SSSR count). The molecule has 0 saturated heterocycles. The van der Waals surface area contributed by atoms with Crippen molar-refractivity contribution in [2.45, 2.75) is 39.7 Å². The smallest absolute Gasteiger partial charge is 0.150 e. The third-order valence-corrected chi connectivity index (χ3v) is 3.06. The van der Waals surface area contributed by atoms with Crippen LogP contribution in [0.25, 0.3) is 0 Å². The van der Waals surface area contributed by atoms with E-state index in [0.717, 1.165) is 23.7 Å². The van der Waals surface area contributed by atoms with Crippen LogP contribution in [0.15, 0.2) is 0 Å². The van der Waals surface area contributed by atoms with Gasteiger partial charge in [-0.25, -0.2) is 0 Å². The lowest BCUT2D eigenvalue weighted by Crippen LogP contribution is -2.35. The lowest BCUT2D eigenvalue weighted by molar-refractivity contribution is 0.203. The van der Waals surface area contributed by atoms with Gasteiger partial charge in [0.25, 0.3) is 0 Å². The minimum Gasteiger partial charge on any atom is -0.394 e. The van der Waals surface area contributed by atoms with E-state index < -0.39 is 0 Å². The van der Waals surface area contributed by atoms with Crippen molar-refractivity contribution in [1.29, 1.82) is 0 Å². The van der Waals surface area contributed by atoms with E-state index in [2.05, 4.69) is 37.7 Å². The van der Waals surface area contributed by atoms with Gasteiger partial charge in [-0.15, -0.1) is 0 Å². The number of aryl methyl sites for hydroxylation is 1. The summed E-state index contributed by atoms with van der Waals surface area (Å²) < 4.78 is 7.04. The van der Waals surface area contributed by atoms with Crippen molar-refractivity contribution in [2.24, 2.45) is 7.05 Å². The molecule has 1 heterocycles. The highest BCUT2D eigenvalue weighted by Gasteiger charge is 2.22. The van der Waals surface area contributed by atoms with Crippen molar-refractivity contribution in [3.8, 4) is 0 Å². The van der Waals surface area contributed by atoms with Crippen LogP contribution in [0.1, 0.15) is 39.3 Å². The molecule has 5 nitrogen and oxygen atoms in total. The van der Waals surface area contributed by atoms with E-state index in [4.69, 9.17) is 10.5 Å². The minimum atomic E-state index is 0.335. The van der Waals surface area contributed by atoms with Crippen LogP contribution in [0.2, 0.25) is 0 Å². The number of nitrogen functional groups attached to an aromatic ring is 1. The zero-order valence-electron chi connectivity index (χ0n) is 12.4. The van der Waals surface area contributed by atoms with Gasteiger partial charge in [0.05, 0.1) is 18.0 Å². The standard InChI is InChI=1S/C13H26N4O/c1-9(2)12-11(14)13(16(5)15-12)17(10(3)4)7-8-18-6/h9-10H,7-8,14H2,1-6H3. The summed E-state index contributed by atoms with van der Waals surface area (Å²) in [6, 6.07) is 0.359. The summed E-state index contributed by atoms with van der Waals surface area (Å²) >= 11 is 0. The first-order valence-corrected chi connectivity index (χ1v) is 6.48. The Morgan fingerprint density at radius 1 is 1.33 bits per heavy atom. The molecule has 104 valence electrons. The highest BCUT2D eigenvalue weighted by molar-refractivity contribution is 5.67. The maximum atomic E-state index is 6.25. The molecule has 0 aliphatic rings. The van der Waals surface area contributed by atoms with E-state index >= 15 is 0 Å². The first-order valence-electron chi connectivity index (χ1n) is 6.48. The molecule has 1 aromatic heterocycles. The Morgan fingerprint density at radius 3 is 2.33 bits per heavy atom. The monoisotopic (exact) mass is 254 g/mol. The number of methoxy groups -OCH3 is 1. The van der Waals surface area contributed by atoms with E-state index in [1.807, 2.05) is 11.7 Å². The zero-order chi connectivity index (χ0) is 13.9. The Hall–Kier alpha value is -1.23. The van der Waals surface area contributed by atoms with Gasteiger partial charge in [-0.05, 0) is 19.8 Å². The summed E-state index contributed by atoms with van der Waals surface area (Å²) in [5.41, 5.74) is 8.01. The molecule has 0 aliphatic carbocycles. The van der Waals surface area contributed by atoms with Gasteiger partial charge in [-0.2, -0.15) is 5.10 Å². The predicted octanol–water partition coefficient (Wildman–Crippen LogP) is 1.99. The molecule has 0 unspecified atom stereocenters. The fourth-order valence-corrected chi connectivity index (χ4v) is 2.12. The number of rotatable bonds is 6. The number of hydrogen-bond donors (Lipinski definition) is 1.